The first-order chi connectivity index (χ1) is 8.75. The molecule has 2 heterocycles. The lowest BCUT2D eigenvalue weighted by Crippen LogP contribution is -1.88. The monoisotopic (exact) mass is 244 g/mol. The number of nitrogens with two attached hydrogens (primary N) is 1. The number of hydrogen-bond acceptors (Lipinski definition) is 7. The minimum atomic E-state index is -0.0923. The van der Waals surface area contributed by atoms with Crippen LogP contribution in [0.5, 0.6) is 5.75 Å². The number of anilines is 1. The number of phenols is 1. The first-order valence-electron chi connectivity index (χ1n) is 5.03. The number of aromatic nitrogens is 5. The lowest BCUT2D eigenvalue weighted by molar-refractivity contribution is 0.426. The van der Waals surface area contributed by atoms with Crippen LogP contribution in [0.25, 0.3) is 23.1 Å². The molecule has 8 nitrogen and oxygen atoms in total. The summed E-state index contributed by atoms with van der Waals surface area (Å²) in [5.41, 5.74) is 6.20. The van der Waals surface area contributed by atoms with Gasteiger partial charge in [0.2, 0.25) is 5.82 Å². The number of benzene rings is 1. The standard InChI is InChI=1S/C10H8N6O2/c11-6-3-1-2-5(7(6)17)10-14-9(16-18-10)8-12-4-13-15-8/h1-4,17H,11H2,(H,12,13,15). The van der Waals surface area contributed by atoms with Crippen LogP contribution in [0.3, 0.4) is 0 Å². The van der Waals surface area contributed by atoms with Gasteiger partial charge < -0.3 is 15.4 Å². The van der Waals surface area contributed by atoms with Gasteiger partial charge in [-0.1, -0.05) is 11.2 Å². The van der Waals surface area contributed by atoms with Crippen molar-refractivity contribution >= 4 is 5.69 Å². The van der Waals surface area contributed by atoms with Crippen LogP contribution in [0, 0.1) is 0 Å². The van der Waals surface area contributed by atoms with Gasteiger partial charge in [0.25, 0.3) is 5.89 Å². The van der Waals surface area contributed by atoms with Gasteiger partial charge in [0, 0.05) is 0 Å². The number of rotatable bonds is 2. The molecule has 0 radical (unpaired) electrons. The van der Waals surface area contributed by atoms with Gasteiger partial charge in [-0.2, -0.15) is 10.1 Å². The van der Waals surface area contributed by atoms with E-state index in [1.54, 1.807) is 18.2 Å². The predicted molar refractivity (Wildman–Crippen MR) is 61.2 cm³/mol. The van der Waals surface area contributed by atoms with E-state index in [1.165, 1.54) is 6.33 Å². The highest BCUT2D eigenvalue weighted by atomic mass is 16.5. The normalized spacial score (nSPS) is 10.7. The van der Waals surface area contributed by atoms with E-state index < -0.39 is 0 Å². The van der Waals surface area contributed by atoms with E-state index in [1.807, 2.05) is 0 Å². The minimum Gasteiger partial charge on any atom is -0.505 e. The van der Waals surface area contributed by atoms with Crippen molar-refractivity contribution in [2.45, 2.75) is 0 Å². The number of nitrogen functional groups attached to an aromatic ring is 1. The van der Waals surface area contributed by atoms with Crippen molar-refractivity contribution < 1.29 is 9.63 Å². The fourth-order valence-electron chi connectivity index (χ4n) is 1.48. The van der Waals surface area contributed by atoms with Gasteiger partial charge in [0.1, 0.15) is 6.33 Å². The summed E-state index contributed by atoms with van der Waals surface area (Å²) in [6, 6.07) is 4.89. The molecule has 1 aromatic carbocycles. The van der Waals surface area contributed by atoms with Crippen LogP contribution in [-0.2, 0) is 0 Å². The average Bonchev–Trinajstić information content (AvgIpc) is 3.01. The smallest absolute Gasteiger partial charge is 0.262 e. The summed E-state index contributed by atoms with van der Waals surface area (Å²) in [6.45, 7) is 0. The molecular formula is C10H8N6O2. The number of aromatic amines is 1. The molecule has 0 unspecified atom stereocenters. The van der Waals surface area contributed by atoms with Crippen LogP contribution < -0.4 is 5.73 Å². The molecule has 0 aliphatic rings. The van der Waals surface area contributed by atoms with Crippen molar-refractivity contribution in [3.63, 3.8) is 0 Å². The Labute approximate surface area is 100 Å². The second kappa shape index (κ2) is 3.84. The fourth-order valence-corrected chi connectivity index (χ4v) is 1.48. The maximum Gasteiger partial charge on any atom is 0.262 e. The van der Waals surface area contributed by atoms with Crippen LogP contribution in [0.15, 0.2) is 29.0 Å². The van der Waals surface area contributed by atoms with Crippen molar-refractivity contribution in [2.75, 3.05) is 5.73 Å². The molecule has 0 fully saturated rings. The third kappa shape index (κ3) is 1.56. The summed E-state index contributed by atoms with van der Waals surface area (Å²) < 4.78 is 5.05. The van der Waals surface area contributed by atoms with Gasteiger partial charge in [-0.15, -0.1) is 0 Å². The van der Waals surface area contributed by atoms with Crippen molar-refractivity contribution in [2.24, 2.45) is 0 Å². The highest BCUT2D eigenvalue weighted by molar-refractivity contribution is 5.72. The molecule has 3 rings (SSSR count). The number of H-pyrrole nitrogens is 1. The van der Waals surface area contributed by atoms with Gasteiger partial charge in [0.05, 0.1) is 11.3 Å². The molecule has 8 heteroatoms. The van der Waals surface area contributed by atoms with E-state index in [0.717, 1.165) is 0 Å². The Kier molecular flexibility index (Phi) is 2.19. The van der Waals surface area contributed by atoms with Crippen molar-refractivity contribution in [3.8, 4) is 28.9 Å². The summed E-state index contributed by atoms with van der Waals surface area (Å²) in [4.78, 5) is 7.99. The van der Waals surface area contributed by atoms with Gasteiger partial charge in [0.15, 0.2) is 11.6 Å². The molecule has 0 aliphatic carbocycles. The summed E-state index contributed by atoms with van der Waals surface area (Å²) >= 11 is 0. The topological polar surface area (TPSA) is 127 Å². The van der Waals surface area contributed by atoms with Crippen LogP contribution in [0.4, 0.5) is 5.69 Å². The molecule has 0 aliphatic heterocycles. The second-order valence-electron chi connectivity index (χ2n) is 3.50. The zero-order valence-corrected chi connectivity index (χ0v) is 9.03. The van der Waals surface area contributed by atoms with Crippen LogP contribution in [-0.4, -0.2) is 30.4 Å². The molecule has 0 spiro atoms. The predicted octanol–water partition coefficient (Wildman–Crippen LogP) is 0.809. The lowest BCUT2D eigenvalue weighted by atomic mass is 10.2. The molecule has 0 atom stereocenters. The van der Waals surface area contributed by atoms with E-state index in [0.29, 0.717) is 11.4 Å². The molecule has 2 aromatic heterocycles. The van der Waals surface area contributed by atoms with Crippen molar-refractivity contribution in [3.05, 3.63) is 24.5 Å². The molecule has 3 aromatic rings. The lowest BCUT2D eigenvalue weighted by Gasteiger charge is -2.01. The second-order valence-corrected chi connectivity index (χ2v) is 3.50. The third-order valence-electron chi connectivity index (χ3n) is 2.35. The SMILES string of the molecule is Nc1cccc(-c2nc(-c3ncn[nH]3)no2)c1O. The van der Waals surface area contributed by atoms with Crippen LogP contribution >= 0.6 is 0 Å². The highest BCUT2D eigenvalue weighted by Crippen LogP contribution is 2.33. The Morgan fingerprint density at radius 3 is 3.00 bits per heavy atom. The molecule has 0 bridgehead atoms. The van der Waals surface area contributed by atoms with Crippen LogP contribution in [0.2, 0.25) is 0 Å². The molecule has 0 saturated carbocycles. The van der Waals surface area contributed by atoms with Crippen molar-refractivity contribution in [1.29, 1.82) is 0 Å². The van der Waals surface area contributed by atoms with Gasteiger partial charge in [-0.3, -0.25) is 5.10 Å². The zero-order chi connectivity index (χ0) is 12.5. The van der Waals surface area contributed by atoms with E-state index in [2.05, 4.69) is 25.3 Å². The third-order valence-corrected chi connectivity index (χ3v) is 2.35. The number of para-hydroxylation sites is 1. The Morgan fingerprint density at radius 1 is 1.33 bits per heavy atom. The highest BCUT2D eigenvalue weighted by Gasteiger charge is 2.16. The van der Waals surface area contributed by atoms with E-state index in [4.69, 9.17) is 10.3 Å². The number of aromatic hydroxyl groups is 1. The summed E-state index contributed by atoms with van der Waals surface area (Å²) in [5, 5.41) is 19.8. The summed E-state index contributed by atoms with van der Waals surface area (Å²) in [7, 11) is 0. The van der Waals surface area contributed by atoms with Gasteiger partial charge in [-0.25, -0.2) is 4.98 Å². The van der Waals surface area contributed by atoms with E-state index in [9.17, 15) is 5.11 Å². The van der Waals surface area contributed by atoms with Gasteiger partial charge in [-0.05, 0) is 12.1 Å². The molecule has 18 heavy (non-hydrogen) atoms. The number of nitrogens with one attached hydrogen (secondary N) is 1. The van der Waals surface area contributed by atoms with E-state index in [-0.39, 0.29) is 23.2 Å². The largest absolute Gasteiger partial charge is 0.505 e. The Morgan fingerprint density at radius 2 is 2.22 bits per heavy atom. The number of phenolic OH excluding ortho intramolecular Hbond substituents is 1. The Balaban J connectivity index is 2.06. The zero-order valence-electron chi connectivity index (χ0n) is 9.03. The van der Waals surface area contributed by atoms with Crippen molar-refractivity contribution in [1.82, 2.24) is 25.3 Å². The average molecular weight is 244 g/mol. The molecule has 4 N–H and O–H groups in total. The number of nitrogens with zero attached hydrogens (tertiary/aromatic N) is 4. The first kappa shape index (κ1) is 10.3. The quantitative estimate of drug-likeness (QED) is 0.449. The minimum absolute atomic E-state index is 0.0923. The molecule has 90 valence electrons. The Bertz CT molecular complexity index is 676. The first-order valence-corrected chi connectivity index (χ1v) is 5.03. The molecule has 0 amide bonds. The summed E-state index contributed by atoms with van der Waals surface area (Å²) in [6.07, 6.45) is 1.34. The maximum atomic E-state index is 9.80. The number of hydrogen-bond donors (Lipinski definition) is 3. The Hall–Kier alpha value is -2.90. The maximum absolute atomic E-state index is 9.80. The fraction of sp³-hybridized carbons (Fsp3) is 0. The summed E-state index contributed by atoms with van der Waals surface area (Å²) in [5.74, 6) is 0.703. The van der Waals surface area contributed by atoms with E-state index >= 15 is 0 Å². The van der Waals surface area contributed by atoms with Gasteiger partial charge >= 0.3 is 0 Å². The molecule has 0 saturated heterocycles. The van der Waals surface area contributed by atoms with Crippen LogP contribution in [0.1, 0.15) is 0 Å². The molecular weight excluding hydrogens is 236 g/mol.